The van der Waals surface area contributed by atoms with Crippen LogP contribution in [0.15, 0.2) is 18.2 Å². The zero-order chi connectivity index (χ0) is 14.5. The van der Waals surface area contributed by atoms with Gasteiger partial charge in [-0.15, -0.1) is 0 Å². The average molecular weight is 282 g/mol. The summed E-state index contributed by atoms with van der Waals surface area (Å²) in [7, 11) is 0. The Morgan fingerprint density at radius 3 is 2.60 bits per heavy atom. The van der Waals surface area contributed by atoms with Crippen molar-refractivity contribution >= 4 is 11.6 Å². The molecule has 1 aliphatic rings. The first-order chi connectivity index (χ1) is 9.56. The number of hydrogen-bond donors (Lipinski definition) is 2. The maximum atomic E-state index is 13.3. The van der Waals surface area contributed by atoms with Crippen molar-refractivity contribution in [3.63, 3.8) is 0 Å². The number of hydrogen-bond acceptors (Lipinski definition) is 2. The van der Waals surface area contributed by atoms with Crippen LogP contribution in [0.4, 0.5) is 14.5 Å². The summed E-state index contributed by atoms with van der Waals surface area (Å²) in [6.07, 6.45) is 3.59. The second-order valence-electron chi connectivity index (χ2n) is 5.56. The van der Waals surface area contributed by atoms with Crippen LogP contribution in [0.2, 0.25) is 0 Å². The van der Waals surface area contributed by atoms with E-state index < -0.39 is 17.5 Å². The third kappa shape index (κ3) is 4.00. The molecular formula is C15H20F2N2O. The summed E-state index contributed by atoms with van der Waals surface area (Å²) in [6.45, 7) is 3.07. The van der Waals surface area contributed by atoms with Crippen molar-refractivity contribution in [1.82, 2.24) is 5.32 Å². The highest BCUT2D eigenvalue weighted by Crippen LogP contribution is 2.29. The molecule has 0 saturated heterocycles. The number of halogens is 2. The SMILES string of the molecule is CC1CCC(CNCC(=O)Nc2c(F)cccc2F)C1. The van der Waals surface area contributed by atoms with Crippen molar-refractivity contribution in [2.75, 3.05) is 18.4 Å². The monoisotopic (exact) mass is 282 g/mol. The third-order valence-corrected chi connectivity index (χ3v) is 3.75. The van der Waals surface area contributed by atoms with Crippen LogP contribution >= 0.6 is 0 Å². The fourth-order valence-corrected chi connectivity index (χ4v) is 2.70. The minimum atomic E-state index is -0.761. The second kappa shape index (κ2) is 6.79. The molecule has 0 heterocycles. The zero-order valence-electron chi connectivity index (χ0n) is 11.6. The number of para-hydroxylation sites is 1. The number of benzene rings is 1. The Balaban J connectivity index is 1.75. The number of nitrogens with one attached hydrogen (secondary N) is 2. The smallest absolute Gasteiger partial charge is 0.238 e. The number of rotatable bonds is 5. The topological polar surface area (TPSA) is 41.1 Å². The molecule has 5 heteroatoms. The largest absolute Gasteiger partial charge is 0.320 e. The summed E-state index contributed by atoms with van der Waals surface area (Å²) in [5.74, 6) is -0.600. The van der Waals surface area contributed by atoms with Crippen LogP contribution in [0.25, 0.3) is 0 Å². The molecule has 0 radical (unpaired) electrons. The van der Waals surface area contributed by atoms with Gasteiger partial charge in [0.2, 0.25) is 5.91 Å². The maximum Gasteiger partial charge on any atom is 0.238 e. The highest BCUT2D eigenvalue weighted by Gasteiger charge is 2.21. The summed E-state index contributed by atoms with van der Waals surface area (Å²) in [5, 5.41) is 5.31. The van der Waals surface area contributed by atoms with Crippen LogP contribution in [-0.4, -0.2) is 19.0 Å². The molecule has 2 rings (SSSR count). The Labute approximate surface area is 117 Å². The Morgan fingerprint density at radius 2 is 2.00 bits per heavy atom. The average Bonchev–Trinajstić information content (AvgIpc) is 2.80. The summed E-state index contributed by atoms with van der Waals surface area (Å²) < 4.78 is 26.7. The van der Waals surface area contributed by atoms with Gasteiger partial charge in [-0.1, -0.05) is 19.4 Å². The molecule has 1 aliphatic carbocycles. The van der Waals surface area contributed by atoms with Crippen LogP contribution < -0.4 is 10.6 Å². The van der Waals surface area contributed by atoms with E-state index in [0.717, 1.165) is 24.6 Å². The standard InChI is InChI=1S/C15H20F2N2O/c1-10-5-6-11(7-10)8-18-9-14(20)19-15-12(16)3-2-4-13(15)17/h2-4,10-11,18H,5-9H2,1H3,(H,19,20). The van der Waals surface area contributed by atoms with Gasteiger partial charge in [-0.25, -0.2) is 8.78 Å². The van der Waals surface area contributed by atoms with Gasteiger partial charge in [-0.05, 0) is 43.4 Å². The molecule has 3 nitrogen and oxygen atoms in total. The lowest BCUT2D eigenvalue weighted by molar-refractivity contribution is -0.115. The van der Waals surface area contributed by atoms with E-state index in [9.17, 15) is 13.6 Å². The number of carbonyl (C=O) groups excluding carboxylic acids is 1. The highest BCUT2D eigenvalue weighted by molar-refractivity contribution is 5.92. The molecule has 2 unspecified atom stereocenters. The summed E-state index contributed by atoms with van der Waals surface area (Å²) >= 11 is 0. The number of anilines is 1. The van der Waals surface area contributed by atoms with Crippen molar-refractivity contribution in [3.05, 3.63) is 29.8 Å². The Hall–Kier alpha value is -1.49. The highest BCUT2D eigenvalue weighted by atomic mass is 19.1. The van der Waals surface area contributed by atoms with Crippen LogP contribution in [0.1, 0.15) is 26.2 Å². The van der Waals surface area contributed by atoms with Gasteiger partial charge in [-0.3, -0.25) is 4.79 Å². The molecule has 1 aromatic carbocycles. The van der Waals surface area contributed by atoms with Gasteiger partial charge in [0.15, 0.2) is 0 Å². The molecule has 0 bridgehead atoms. The molecule has 0 aromatic heterocycles. The minimum Gasteiger partial charge on any atom is -0.320 e. The zero-order valence-corrected chi connectivity index (χ0v) is 11.6. The van der Waals surface area contributed by atoms with E-state index in [2.05, 4.69) is 17.6 Å². The Kier molecular flexibility index (Phi) is 5.06. The summed E-state index contributed by atoms with van der Waals surface area (Å²) in [4.78, 5) is 11.6. The Bertz CT molecular complexity index is 459. The van der Waals surface area contributed by atoms with Gasteiger partial charge in [-0.2, -0.15) is 0 Å². The molecule has 110 valence electrons. The lowest BCUT2D eigenvalue weighted by Crippen LogP contribution is -2.31. The molecule has 1 aromatic rings. The van der Waals surface area contributed by atoms with Gasteiger partial charge < -0.3 is 10.6 Å². The summed E-state index contributed by atoms with van der Waals surface area (Å²) in [6, 6.07) is 3.50. The first-order valence-electron chi connectivity index (χ1n) is 7.01. The quantitative estimate of drug-likeness (QED) is 0.872. The number of amides is 1. The molecule has 1 amide bonds. The first kappa shape index (κ1) is 14.9. The minimum absolute atomic E-state index is 0.0681. The van der Waals surface area contributed by atoms with E-state index in [1.54, 1.807) is 0 Å². The van der Waals surface area contributed by atoms with E-state index in [1.807, 2.05) is 0 Å². The molecule has 2 N–H and O–H groups in total. The van der Waals surface area contributed by atoms with E-state index in [4.69, 9.17) is 0 Å². The van der Waals surface area contributed by atoms with Gasteiger partial charge in [0.25, 0.3) is 0 Å². The van der Waals surface area contributed by atoms with E-state index in [1.165, 1.54) is 25.3 Å². The van der Waals surface area contributed by atoms with Crippen LogP contribution in [0, 0.1) is 23.5 Å². The van der Waals surface area contributed by atoms with Crippen LogP contribution in [-0.2, 0) is 4.79 Å². The Morgan fingerprint density at radius 1 is 1.30 bits per heavy atom. The van der Waals surface area contributed by atoms with Crippen LogP contribution in [0.5, 0.6) is 0 Å². The van der Waals surface area contributed by atoms with Gasteiger partial charge in [0.05, 0.1) is 6.54 Å². The molecule has 0 aliphatic heterocycles. The first-order valence-corrected chi connectivity index (χ1v) is 7.01. The van der Waals surface area contributed by atoms with Gasteiger partial charge >= 0.3 is 0 Å². The van der Waals surface area contributed by atoms with Gasteiger partial charge in [0, 0.05) is 0 Å². The van der Waals surface area contributed by atoms with Crippen molar-refractivity contribution in [3.8, 4) is 0 Å². The third-order valence-electron chi connectivity index (χ3n) is 3.75. The molecule has 2 atom stereocenters. The lowest BCUT2D eigenvalue weighted by Gasteiger charge is -2.11. The van der Waals surface area contributed by atoms with Gasteiger partial charge in [0.1, 0.15) is 17.3 Å². The molecule has 20 heavy (non-hydrogen) atoms. The van der Waals surface area contributed by atoms with Crippen molar-refractivity contribution in [1.29, 1.82) is 0 Å². The molecule has 0 spiro atoms. The van der Waals surface area contributed by atoms with Crippen molar-refractivity contribution in [2.45, 2.75) is 26.2 Å². The molecule has 1 fully saturated rings. The fraction of sp³-hybridized carbons (Fsp3) is 0.533. The van der Waals surface area contributed by atoms with E-state index >= 15 is 0 Å². The van der Waals surface area contributed by atoms with Crippen LogP contribution in [0.3, 0.4) is 0 Å². The second-order valence-corrected chi connectivity index (χ2v) is 5.56. The van der Waals surface area contributed by atoms with Crippen molar-refractivity contribution < 1.29 is 13.6 Å². The molecule has 1 saturated carbocycles. The normalized spacial score (nSPS) is 21.9. The fourth-order valence-electron chi connectivity index (χ4n) is 2.70. The van der Waals surface area contributed by atoms with E-state index in [0.29, 0.717) is 5.92 Å². The predicted molar refractivity (Wildman–Crippen MR) is 74.4 cm³/mol. The molecular weight excluding hydrogens is 262 g/mol. The van der Waals surface area contributed by atoms with E-state index in [-0.39, 0.29) is 12.2 Å². The predicted octanol–water partition coefficient (Wildman–Crippen LogP) is 2.93. The summed E-state index contributed by atoms with van der Waals surface area (Å²) in [5.41, 5.74) is -0.381. The lowest BCUT2D eigenvalue weighted by atomic mass is 10.1. The number of carbonyl (C=O) groups is 1. The van der Waals surface area contributed by atoms with Crippen molar-refractivity contribution in [2.24, 2.45) is 11.8 Å². The maximum absolute atomic E-state index is 13.3.